The molecule has 0 atom stereocenters. The normalized spacial score (nSPS) is 14.7. The predicted molar refractivity (Wildman–Crippen MR) is 156 cm³/mol. The lowest BCUT2D eigenvalue weighted by Crippen LogP contribution is -2.29. The average Bonchev–Trinajstić information content (AvgIpc) is 3.62. The number of carboxylic acid groups (broad SMARTS) is 1. The van der Waals surface area contributed by atoms with Crippen LogP contribution < -0.4 is 0 Å². The maximum Gasteiger partial charge on any atom is 0.303 e. The van der Waals surface area contributed by atoms with Crippen LogP contribution >= 0.6 is 35.3 Å². The molecule has 2 aromatic heterocycles. The van der Waals surface area contributed by atoms with Crippen molar-refractivity contribution >= 4 is 57.6 Å². The molecule has 1 aliphatic rings. The second-order valence-electron chi connectivity index (χ2n) is 9.00. The lowest BCUT2D eigenvalue weighted by molar-refractivity contribution is -0.137. The Hall–Kier alpha value is -2.75. The number of rotatable bonds is 14. The number of hydrogen-bond donors (Lipinski definition) is 1. The van der Waals surface area contributed by atoms with Gasteiger partial charge in [0.1, 0.15) is 10.0 Å². The van der Waals surface area contributed by atoms with E-state index in [1.807, 2.05) is 64.8 Å². The molecule has 0 aliphatic carbocycles. The number of unbranched alkanes of at least 4 members (excludes halogenated alkanes) is 7. The van der Waals surface area contributed by atoms with Crippen molar-refractivity contribution in [3.8, 4) is 16.3 Å². The lowest BCUT2D eigenvalue weighted by atomic mass is 10.1. The number of benzene rings is 1. The number of para-hydroxylation sites is 1. The van der Waals surface area contributed by atoms with E-state index >= 15 is 0 Å². The Morgan fingerprint density at radius 2 is 1.68 bits per heavy atom. The highest BCUT2D eigenvalue weighted by molar-refractivity contribution is 8.26. The molecule has 0 radical (unpaired) electrons. The van der Waals surface area contributed by atoms with Gasteiger partial charge in [-0.25, -0.2) is 4.68 Å². The molecule has 3 heterocycles. The van der Waals surface area contributed by atoms with E-state index in [1.54, 1.807) is 16.2 Å². The van der Waals surface area contributed by atoms with Crippen molar-refractivity contribution in [3.63, 3.8) is 0 Å². The Kier molecular flexibility index (Phi) is 10.1. The standard InChI is InChI=1S/C28H31N3O3S3/c32-25(33)16-10-5-3-1-2-4-6-11-17-30-27(34)24(37-28(30)35)19-21-20-31(22-13-8-7-9-14-22)29-26(21)23-15-12-18-36-23/h7-9,12-15,18-20H,1-6,10-11,16-17H2,(H,32,33)/b24-19+. The van der Waals surface area contributed by atoms with Gasteiger partial charge in [0, 0.05) is 24.7 Å². The number of carboxylic acids is 1. The van der Waals surface area contributed by atoms with E-state index in [0.717, 1.165) is 73.2 Å². The number of amides is 1. The van der Waals surface area contributed by atoms with E-state index in [1.165, 1.54) is 11.8 Å². The zero-order chi connectivity index (χ0) is 26.0. The van der Waals surface area contributed by atoms with Crippen LogP contribution in [0.4, 0.5) is 0 Å². The molecule has 0 spiro atoms. The van der Waals surface area contributed by atoms with Gasteiger partial charge in [0.05, 0.1) is 15.5 Å². The Balaban J connectivity index is 1.32. The van der Waals surface area contributed by atoms with Gasteiger partial charge in [0.2, 0.25) is 0 Å². The molecule has 194 valence electrons. The van der Waals surface area contributed by atoms with Crippen LogP contribution in [0.2, 0.25) is 0 Å². The van der Waals surface area contributed by atoms with Gasteiger partial charge in [-0.3, -0.25) is 14.5 Å². The number of nitrogens with zero attached hydrogens (tertiary/aromatic N) is 3. The van der Waals surface area contributed by atoms with Crippen LogP contribution in [-0.2, 0) is 9.59 Å². The zero-order valence-corrected chi connectivity index (χ0v) is 23.1. The smallest absolute Gasteiger partial charge is 0.303 e. The maximum atomic E-state index is 13.2. The van der Waals surface area contributed by atoms with Crippen molar-refractivity contribution in [2.45, 2.75) is 57.8 Å². The molecule has 0 saturated carbocycles. The molecule has 0 bridgehead atoms. The van der Waals surface area contributed by atoms with Crippen molar-refractivity contribution in [2.24, 2.45) is 0 Å². The lowest BCUT2D eigenvalue weighted by Gasteiger charge is -2.14. The SMILES string of the molecule is O=C(O)CCCCCCCCCCN1C(=O)/C(=C\c2cn(-c3ccccc3)nc2-c2cccs2)SC1=S. The molecule has 4 rings (SSSR count). The molecule has 1 saturated heterocycles. The second-order valence-corrected chi connectivity index (χ2v) is 11.6. The van der Waals surface area contributed by atoms with Gasteiger partial charge in [-0.2, -0.15) is 5.10 Å². The minimum absolute atomic E-state index is 0.0296. The number of aliphatic carboxylic acids is 1. The van der Waals surface area contributed by atoms with Crippen molar-refractivity contribution in [3.05, 3.63) is 64.5 Å². The molecule has 1 amide bonds. The van der Waals surface area contributed by atoms with Gasteiger partial charge in [0.15, 0.2) is 0 Å². The first-order valence-electron chi connectivity index (χ1n) is 12.7. The highest BCUT2D eigenvalue weighted by Gasteiger charge is 2.32. The number of carbonyl (C=O) groups excluding carboxylic acids is 1. The van der Waals surface area contributed by atoms with Crippen molar-refractivity contribution in [1.29, 1.82) is 0 Å². The molecule has 9 heteroatoms. The topological polar surface area (TPSA) is 75.4 Å². The number of thiocarbonyl (C=S) groups is 1. The fraction of sp³-hybridized carbons (Fsp3) is 0.357. The summed E-state index contributed by atoms with van der Waals surface area (Å²) in [6.07, 6.45) is 12.4. The predicted octanol–water partition coefficient (Wildman–Crippen LogP) is 7.40. The minimum atomic E-state index is -0.712. The van der Waals surface area contributed by atoms with Crippen LogP contribution in [0.15, 0.2) is 58.9 Å². The summed E-state index contributed by atoms with van der Waals surface area (Å²) in [5.41, 5.74) is 2.72. The fourth-order valence-corrected chi connectivity index (χ4v) is 6.28. The van der Waals surface area contributed by atoms with E-state index in [0.29, 0.717) is 15.8 Å². The van der Waals surface area contributed by atoms with E-state index in [-0.39, 0.29) is 12.3 Å². The quantitative estimate of drug-likeness (QED) is 0.127. The summed E-state index contributed by atoms with van der Waals surface area (Å²) in [5.74, 6) is -0.742. The highest BCUT2D eigenvalue weighted by Crippen LogP contribution is 2.36. The Bertz CT molecular complexity index is 1240. The number of thioether (sulfide) groups is 1. The maximum absolute atomic E-state index is 13.2. The van der Waals surface area contributed by atoms with E-state index in [2.05, 4.69) is 0 Å². The van der Waals surface area contributed by atoms with Crippen LogP contribution in [0.25, 0.3) is 22.3 Å². The second kappa shape index (κ2) is 13.7. The first-order chi connectivity index (χ1) is 18.0. The van der Waals surface area contributed by atoms with Crippen LogP contribution in [0.1, 0.15) is 63.4 Å². The highest BCUT2D eigenvalue weighted by atomic mass is 32.2. The number of thiophene rings is 1. The minimum Gasteiger partial charge on any atom is -0.481 e. The summed E-state index contributed by atoms with van der Waals surface area (Å²) in [4.78, 5) is 27.2. The summed E-state index contributed by atoms with van der Waals surface area (Å²) in [6.45, 7) is 0.641. The largest absolute Gasteiger partial charge is 0.481 e. The van der Waals surface area contributed by atoms with Gasteiger partial charge in [-0.1, -0.05) is 86.8 Å². The van der Waals surface area contributed by atoms with Gasteiger partial charge in [0.25, 0.3) is 5.91 Å². The van der Waals surface area contributed by atoms with Crippen molar-refractivity contribution < 1.29 is 14.7 Å². The first kappa shape index (κ1) is 27.3. The first-order valence-corrected chi connectivity index (χ1v) is 14.8. The van der Waals surface area contributed by atoms with Gasteiger partial charge < -0.3 is 5.11 Å². The van der Waals surface area contributed by atoms with Crippen LogP contribution in [-0.4, -0.2) is 42.5 Å². The number of hydrogen-bond acceptors (Lipinski definition) is 6. The Labute approximate surface area is 231 Å². The third kappa shape index (κ3) is 7.63. The molecule has 3 aromatic rings. The van der Waals surface area contributed by atoms with Crippen LogP contribution in [0, 0.1) is 0 Å². The number of carbonyl (C=O) groups is 2. The van der Waals surface area contributed by atoms with Gasteiger partial charge in [-0.15, -0.1) is 11.3 Å². The molecule has 37 heavy (non-hydrogen) atoms. The Morgan fingerprint density at radius 1 is 0.973 bits per heavy atom. The zero-order valence-electron chi connectivity index (χ0n) is 20.7. The molecule has 0 unspecified atom stereocenters. The fourth-order valence-electron chi connectivity index (χ4n) is 4.25. The summed E-state index contributed by atoms with van der Waals surface area (Å²) < 4.78 is 2.47. The van der Waals surface area contributed by atoms with Crippen LogP contribution in [0.5, 0.6) is 0 Å². The molecule has 1 N–H and O–H groups in total. The van der Waals surface area contributed by atoms with Crippen molar-refractivity contribution in [2.75, 3.05) is 6.54 Å². The third-order valence-corrected chi connectivity index (χ3v) is 8.45. The van der Waals surface area contributed by atoms with E-state index < -0.39 is 5.97 Å². The molecule has 1 aromatic carbocycles. The van der Waals surface area contributed by atoms with Gasteiger partial charge in [-0.05, 0) is 42.5 Å². The van der Waals surface area contributed by atoms with Gasteiger partial charge >= 0.3 is 5.97 Å². The average molecular weight is 554 g/mol. The monoisotopic (exact) mass is 553 g/mol. The van der Waals surface area contributed by atoms with Crippen LogP contribution in [0.3, 0.4) is 0 Å². The molecule has 1 aliphatic heterocycles. The van der Waals surface area contributed by atoms with E-state index in [9.17, 15) is 9.59 Å². The number of aromatic nitrogens is 2. The molecular weight excluding hydrogens is 523 g/mol. The van der Waals surface area contributed by atoms with Crippen molar-refractivity contribution in [1.82, 2.24) is 14.7 Å². The van der Waals surface area contributed by atoms with E-state index in [4.69, 9.17) is 22.4 Å². The third-order valence-electron chi connectivity index (χ3n) is 6.20. The summed E-state index contributed by atoms with van der Waals surface area (Å²) in [6, 6.07) is 14.0. The summed E-state index contributed by atoms with van der Waals surface area (Å²) in [7, 11) is 0. The Morgan fingerprint density at radius 3 is 2.35 bits per heavy atom. The molecule has 1 fully saturated rings. The molecular formula is C28H31N3O3S3. The molecule has 6 nitrogen and oxygen atoms in total. The summed E-state index contributed by atoms with van der Waals surface area (Å²) in [5, 5.41) is 15.5. The summed E-state index contributed by atoms with van der Waals surface area (Å²) >= 11 is 8.54.